The number of rotatable bonds is 42. The van der Waals surface area contributed by atoms with Gasteiger partial charge in [-0.05, 0) is 97.6 Å². The number of carboxylic acid groups (broad SMARTS) is 1. The Hall–Kier alpha value is -8.02. The van der Waals surface area contributed by atoms with Crippen LogP contribution in [0.1, 0.15) is 104 Å². The molecular weight excluding hydrogens is 1060 g/mol. The number of hydrogen-bond donors (Lipinski definition) is 21. The molecule has 0 rings (SSSR count). The van der Waals surface area contributed by atoms with Gasteiger partial charge in [0.05, 0.1) is 31.1 Å². The molecule has 35 heteroatoms. The number of hydrogen-bond acceptors (Lipinski definition) is 19. The lowest BCUT2D eigenvalue weighted by Gasteiger charge is -2.29. The Bertz CT molecular complexity index is 2160. The molecule has 0 aliphatic carbocycles. The van der Waals surface area contributed by atoms with Crippen molar-refractivity contribution in [2.75, 3.05) is 26.2 Å². The molecule has 0 aromatic rings. The lowest BCUT2D eigenvalue weighted by atomic mass is 10.0. The number of amides is 11. The first-order valence-electron chi connectivity index (χ1n) is 25.6. The number of guanidine groups is 2. The summed E-state index contributed by atoms with van der Waals surface area (Å²) >= 11 is 0. The molecular formula is C45H84N20O15. The third kappa shape index (κ3) is 30.2. The molecule has 0 unspecified atom stereocenters. The van der Waals surface area contributed by atoms with E-state index in [2.05, 4.69) is 47.2 Å². The second-order valence-electron chi connectivity index (χ2n) is 18.6. The maximum Gasteiger partial charge on any atom is 0.326 e. The van der Waals surface area contributed by atoms with Crippen LogP contribution in [0.15, 0.2) is 9.98 Å². The Balaban J connectivity index is 6.94. The van der Waals surface area contributed by atoms with Gasteiger partial charge in [0, 0.05) is 19.5 Å². The van der Waals surface area contributed by atoms with Crippen LogP contribution in [0, 0.1) is 0 Å². The van der Waals surface area contributed by atoms with Crippen molar-refractivity contribution < 1.29 is 72.9 Å². The molecule has 0 bridgehead atoms. The molecule has 0 aromatic heterocycles. The predicted molar refractivity (Wildman–Crippen MR) is 286 cm³/mol. The van der Waals surface area contributed by atoms with E-state index in [1.165, 1.54) is 0 Å². The number of primary amides is 3. The van der Waals surface area contributed by atoms with Crippen LogP contribution in [0.4, 0.5) is 0 Å². The largest absolute Gasteiger partial charge is 0.480 e. The summed E-state index contributed by atoms with van der Waals surface area (Å²) in [6, 6.07) is -14.8. The fourth-order valence-electron chi connectivity index (χ4n) is 7.25. The van der Waals surface area contributed by atoms with Crippen molar-refractivity contribution in [3.8, 4) is 0 Å². The van der Waals surface area contributed by atoms with E-state index in [0.717, 1.165) is 13.8 Å². The molecule has 454 valence electrons. The quantitative estimate of drug-likeness (QED) is 0.0153. The maximum absolute atomic E-state index is 14.2. The van der Waals surface area contributed by atoms with Gasteiger partial charge in [-0.3, -0.25) is 62.7 Å². The van der Waals surface area contributed by atoms with Crippen LogP contribution in [0.3, 0.4) is 0 Å². The van der Waals surface area contributed by atoms with Gasteiger partial charge < -0.3 is 115 Å². The molecule has 0 fully saturated rings. The number of aliphatic carboxylic acids is 1. The minimum absolute atomic E-state index is 0.0256. The standard InChI is InChI=1S/C45H84N20O15/c1-21(66)33(64-39(75)25(10-4-6-16-47)59-37(73)26(11-7-17-56-44(52)53)58-35(71)23(48)13-14-30(49)68)41(77)61-24(9-3-5-15-46)36(72)60-27(12-8-18-57-45(54)55)38(74)62-28(19-31(50)69)40(76)65-34(22(2)67)42(78)63-29(43(79)80)20-32(51)70/h21-29,33-34,66-67H,3-20,46-48H2,1-2H3,(H2,49,68)(H2,50,69)(H2,51,70)(H,58,71)(H,59,73)(H,60,72)(H,61,77)(H,62,74)(H,63,78)(H,64,75)(H,65,76)(H,79,80)(H4,52,53,56)(H4,54,55,57)/t21-,22-,23+,24+,25+,26+,27+,28+,29+,33+,34+/m1/s1. The molecule has 0 aliphatic heterocycles. The molecule has 11 atom stereocenters. The van der Waals surface area contributed by atoms with Gasteiger partial charge in [-0.15, -0.1) is 0 Å². The highest BCUT2D eigenvalue weighted by Gasteiger charge is 2.37. The summed E-state index contributed by atoms with van der Waals surface area (Å²) in [5.41, 5.74) is 54.7. The third-order valence-electron chi connectivity index (χ3n) is 11.5. The zero-order chi connectivity index (χ0) is 61.2. The number of aliphatic hydroxyl groups is 2. The molecule has 0 heterocycles. The van der Waals surface area contributed by atoms with E-state index >= 15 is 0 Å². The van der Waals surface area contributed by atoms with Crippen LogP contribution in [0.5, 0.6) is 0 Å². The molecule has 31 N–H and O–H groups in total. The van der Waals surface area contributed by atoms with Crippen LogP contribution in [0.2, 0.25) is 0 Å². The van der Waals surface area contributed by atoms with Crippen molar-refractivity contribution in [2.24, 2.45) is 67.3 Å². The topological polar surface area (TPSA) is 647 Å². The lowest BCUT2D eigenvalue weighted by molar-refractivity contribution is -0.144. The number of aliphatic hydroxyl groups excluding tert-OH is 2. The first-order chi connectivity index (χ1) is 37.4. The summed E-state index contributed by atoms with van der Waals surface area (Å²) < 4.78 is 0. The summed E-state index contributed by atoms with van der Waals surface area (Å²) in [5.74, 6) is -13.9. The van der Waals surface area contributed by atoms with Crippen molar-refractivity contribution in [3.63, 3.8) is 0 Å². The molecule has 35 nitrogen and oxygen atoms in total. The number of nitrogens with one attached hydrogen (secondary N) is 8. The molecule has 0 saturated carbocycles. The molecule has 0 spiro atoms. The van der Waals surface area contributed by atoms with Crippen molar-refractivity contribution in [1.29, 1.82) is 0 Å². The average Bonchev–Trinajstić information content (AvgIpc) is 3.35. The number of aliphatic imine (C=N–C) groups is 2. The van der Waals surface area contributed by atoms with E-state index in [1.807, 2.05) is 5.32 Å². The molecule has 80 heavy (non-hydrogen) atoms. The van der Waals surface area contributed by atoms with Crippen LogP contribution in [-0.2, 0) is 57.5 Å². The highest BCUT2D eigenvalue weighted by atomic mass is 16.4. The Kier molecular flexibility index (Phi) is 34.7. The van der Waals surface area contributed by atoms with Crippen molar-refractivity contribution >= 4 is 82.9 Å². The zero-order valence-corrected chi connectivity index (χ0v) is 45.0. The zero-order valence-electron chi connectivity index (χ0n) is 45.0. The predicted octanol–water partition coefficient (Wildman–Crippen LogP) is -10.6. The number of carboxylic acids is 1. The van der Waals surface area contributed by atoms with Crippen LogP contribution >= 0.6 is 0 Å². The maximum atomic E-state index is 14.2. The minimum atomic E-state index is -1.95. The van der Waals surface area contributed by atoms with Crippen molar-refractivity contribution in [1.82, 2.24) is 42.5 Å². The molecule has 0 aromatic carbocycles. The summed E-state index contributed by atoms with van der Waals surface area (Å²) in [6.45, 7) is 2.42. The van der Waals surface area contributed by atoms with E-state index in [0.29, 0.717) is 12.8 Å². The van der Waals surface area contributed by atoms with Crippen molar-refractivity contribution in [2.45, 2.75) is 170 Å². The smallest absolute Gasteiger partial charge is 0.326 e. The number of nitrogens with two attached hydrogens (primary N) is 10. The van der Waals surface area contributed by atoms with Crippen LogP contribution < -0.4 is 99.9 Å². The van der Waals surface area contributed by atoms with Gasteiger partial charge >= 0.3 is 5.97 Å². The number of carbonyl (C=O) groups is 12. The van der Waals surface area contributed by atoms with Gasteiger partial charge in [0.1, 0.15) is 48.3 Å². The van der Waals surface area contributed by atoms with E-state index < -0.39 is 150 Å². The number of nitrogens with zero attached hydrogens (tertiary/aromatic N) is 2. The minimum Gasteiger partial charge on any atom is -0.480 e. The van der Waals surface area contributed by atoms with Gasteiger partial charge in [-0.25, -0.2) is 4.79 Å². The second kappa shape index (κ2) is 38.5. The Labute approximate surface area is 461 Å². The normalized spacial score (nSPS) is 15.0. The third-order valence-corrected chi connectivity index (χ3v) is 11.5. The summed E-state index contributed by atoms with van der Waals surface area (Å²) in [5, 5.41) is 49.4. The molecule has 0 aliphatic rings. The fraction of sp³-hybridized carbons (Fsp3) is 0.689. The summed E-state index contributed by atoms with van der Waals surface area (Å²) in [7, 11) is 0. The Morgan fingerprint density at radius 3 is 1.05 bits per heavy atom. The van der Waals surface area contributed by atoms with Gasteiger partial charge in [0.15, 0.2) is 11.9 Å². The van der Waals surface area contributed by atoms with Crippen LogP contribution in [-0.4, -0.2) is 191 Å². The average molecular weight is 1150 g/mol. The molecule has 0 radical (unpaired) electrons. The Morgan fingerprint density at radius 1 is 0.400 bits per heavy atom. The lowest BCUT2D eigenvalue weighted by Crippen LogP contribution is -2.62. The SMILES string of the molecule is C[C@@H](O)[C@H](NC(=O)[C@H](CC(N)=O)NC(=O)[C@H](CCCN=C(N)N)NC(=O)[C@H](CCCCN)NC(=O)[C@@H](NC(=O)[C@H](CCCCN)NC(=O)[C@H](CCCN=C(N)N)NC(=O)[C@@H](N)CCC(N)=O)[C@@H](C)O)C(=O)N[C@@H](CC(N)=O)C(=O)O. The van der Waals surface area contributed by atoms with Gasteiger partial charge in [-0.1, -0.05) is 0 Å². The van der Waals surface area contributed by atoms with E-state index in [9.17, 15) is 72.9 Å². The summed E-state index contributed by atoms with van der Waals surface area (Å²) in [4.78, 5) is 164. The van der Waals surface area contributed by atoms with Gasteiger partial charge in [0.2, 0.25) is 65.0 Å². The van der Waals surface area contributed by atoms with E-state index in [1.54, 1.807) is 0 Å². The van der Waals surface area contributed by atoms with Crippen molar-refractivity contribution in [3.05, 3.63) is 0 Å². The molecule has 11 amide bonds. The number of unbranched alkanes of at least 4 members (excludes halogenated alkanes) is 2. The van der Waals surface area contributed by atoms with Gasteiger partial charge in [0.25, 0.3) is 0 Å². The monoisotopic (exact) mass is 1140 g/mol. The van der Waals surface area contributed by atoms with Crippen LogP contribution in [0.25, 0.3) is 0 Å². The highest BCUT2D eigenvalue weighted by molar-refractivity contribution is 5.99. The number of carbonyl (C=O) groups excluding carboxylic acids is 11. The molecule has 0 saturated heterocycles. The first-order valence-corrected chi connectivity index (χ1v) is 25.6. The first kappa shape index (κ1) is 72.0. The Morgan fingerprint density at radius 2 is 0.713 bits per heavy atom. The van der Waals surface area contributed by atoms with E-state index in [-0.39, 0.29) is 102 Å². The summed E-state index contributed by atoms with van der Waals surface area (Å²) in [6.07, 6.45) is -4.97. The van der Waals surface area contributed by atoms with Gasteiger partial charge in [-0.2, -0.15) is 0 Å². The van der Waals surface area contributed by atoms with E-state index in [4.69, 9.17) is 57.3 Å². The fourth-order valence-corrected chi connectivity index (χ4v) is 7.25. The highest BCUT2D eigenvalue weighted by Crippen LogP contribution is 2.11. The second-order valence-corrected chi connectivity index (χ2v) is 18.6.